The predicted molar refractivity (Wildman–Crippen MR) is 118 cm³/mol. The van der Waals surface area contributed by atoms with Gasteiger partial charge in [-0.1, -0.05) is 12.1 Å². The minimum absolute atomic E-state index is 0.260. The second-order valence-electron chi connectivity index (χ2n) is 6.87. The Morgan fingerprint density at radius 1 is 1.17 bits per heavy atom. The summed E-state index contributed by atoms with van der Waals surface area (Å²) >= 11 is 5.17. The molecule has 0 unspecified atom stereocenters. The van der Waals surface area contributed by atoms with Crippen LogP contribution in [0.4, 0.5) is 9.39 Å². The van der Waals surface area contributed by atoms with Gasteiger partial charge in [-0.2, -0.15) is 5.26 Å². The average Bonchev–Trinajstić information content (AvgIpc) is 3.10. The first-order valence-electron chi connectivity index (χ1n) is 9.39. The van der Waals surface area contributed by atoms with Crippen molar-refractivity contribution < 1.29 is 9.13 Å². The predicted octanol–water partition coefficient (Wildman–Crippen LogP) is 6.73. The molecule has 1 aliphatic carbocycles. The standard InChI is InChI=1S/C23H18BrFN2OS/c24-20-11-16(7-10-21(20)28-14-15-5-8-17(25)9-6-15)13-27-23-19(12-26)18-3-1-2-4-22(18)29-23/h5-11,13H,1-4,14H2. The molecule has 4 rings (SSSR count). The van der Waals surface area contributed by atoms with Crippen LogP contribution >= 0.6 is 27.3 Å². The van der Waals surface area contributed by atoms with E-state index in [1.54, 1.807) is 29.7 Å². The largest absolute Gasteiger partial charge is 0.488 e. The quantitative estimate of drug-likeness (QED) is 0.389. The molecular formula is C23H18BrFN2OS. The Kier molecular flexibility index (Phi) is 6.08. The van der Waals surface area contributed by atoms with E-state index < -0.39 is 0 Å². The summed E-state index contributed by atoms with van der Waals surface area (Å²) in [6.45, 7) is 0.360. The second-order valence-corrected chi connectivity index (χ2v) is 8.80. The molecule has 0 aliphatic heterocycles. The lowest BCUT2D eigenvalue weighted by Crippen LogP contribution is -1.99. The van der Waals surface area contributed by atoms with Gasteiger partial charge in [0.15, 0.2) is 0 Å². The Balaban J connectivity index is 1.47. The maximum atomic E-state index is 13.0. The molecule has 0 N–H and O–H groups in total. The number of benzene rings is 2. The fraction of sp³-hybridized carbons (Fsp3) is 0.217. The molecule has 6 heteroatoms. The number of nitriles is 1. The SMILES string of the molecule is N#Cc1c(N=Cc2ccc(OCc3ccc(F)cc3)c(Br)c2)sc2c1CCCC2. The lowest BCUT2D eigenvalue weighted by Gasteiger charge is -2.09. The van der Waals surface area contributed by atoms with Crippen LogP contribution in [0.2, 0.25) is 0 Å². The van der Waals surface area contributed by atoms with Crippen LogP contribution in [0.5, 0.6) is 5.75 Å². The number of hydrogen-bond acceptors (Lipinski definition) is 4. The van der Waals surface area contributed by atoms with Gasteiger partial charge in [-0.3, -0.25) is 0 Å². The van der Waals surface area contributed by atoms with E-state index in [0.29, 0.717) is 12.4 Å². The summed E-state index contributed by atoms with van der Waals surface area (Å²) in [6, 6.07) is 14.3. The first-order chi connectivity index (χ1) is 14.1. The molecule has 2 aromatic carbocycles. The Morgan fingerprint density at radius 3 is 2.72 bits per heavy atom. The van der Waals surface area contributed by atoms with Crippen molar-refractivity contribution in [2.75, 3.05) is 0 Å². The van der Waals surface area contributed by atoms with E-state index in [2.05, 4.69) is 27.0 Å². The summed E-state index contributed by atoms with van der Waals surface area (Å²) in [6.07, 6.45) is 6.15. The van der Waals surface area contributed by atoms with Crippen LogP contribution in [-0.4, -0.2) is 6.21 Å². The number of fused-ring (bicyclic) bond motifs is 1. The first-order valence-corrected chi connectivity index (χ1v) is 11.0. The van der Waals surface area contributed by atoms with Crippen LogP contribution in [0.15, 0.2) is 51.9 Å². The van der Waals surface area contributed by atoms with Gasteiger partial charge in [0.05, 0.1) is 10.0 Å². The fourth-order valence-corrected chi connectivity index (χ4v) is 5.04. The number of aliphatic imine (C=N–C) groups is 1. The van der Waals surface area contributed by atoms with Crippen molar-refractivity contribution in [2.45, 2.75) is 32.3 Å². The van der Waals surface area contributed by atoms with Crippen LogP contribution in [0.25, 0.3) is 0 Å². The van der Waals surface area contributed by atoms with Gasteiger partial charge in [-0.05, 0) is 88.6 Å². The zero-order valence-corrected chi connectivity index (χ0v) is 18.0. The van der Waals surface area contributed by atoms with Crippen molar-refractivity contribution in [3.63, 3.8) is 0 Å². The smallest absolute Gasteiger partial charge is 0.134 e. The summed E-state index contributed by atoms with van der Waals surface area (Å²) in [5.41, 5.74) is 3.75. The fourth-order valence-electron chi connectivity index (χ4n) is 3.35. The molecule has 146 valence electrons. The molecule has 0 saturated carbocycles. The third-order valence-electron chi connectivity index (χ3n) is 4.86. The molecule has 0 saturated heterocycles. The molecule has 0 atom stereocenters. The van der Waals surface area contributed by atoms with Gasteiger partial charge in [-0.25, -0.2) is 9.38 Å². The van der Waals surface area contributed by atoms with E-state index in [-0.39, 0.29) is 5.82 Å². The Labute approximate surface area is 181 Å². The number of thiophene rings is 1. The number of halogens is 2. The molecule has 3 nitrogen and oxygen atoms in total. The molecule has 0 bridgehead atoms. The Hall–Kier alpha value is -2.49. The van der Waals surface area contributed by atoms with Crippen molar-refractivity contribution in [3.8, 4) is 11.8 Å². The maximum Gasteiger partial charge on any atom is 0.134 e. The molecule has 0 amide bonds. The number of hydrogen-bond donors (Lipinski definition) is 0. The zero-order valence-electron chi connectivity index (χ0n) is 15.6. The highest BCUT2D eigenvalue weighted by molar-refractivity contribution is 9.10. The first kappa shape index (κ1) is 19.8. The summed E-state index contributed by atoms with van der Waals surface area (Å²) in [5.74, 6) is 0.445. The van der Waals surface area contributed by atoms with Crippen molar-refractivity contribution in [3.05, 3.63) is 79.9 Å². The van der Waals surface area contributed by atoms with Crippen molar-refractivity contribution >= 4 is 38.5 Å². The van der Waals surface area contributed by atoms with E-state index in [1.165, 1.54) is 29.0 Å². The van der Waals surface area contributed by atoms with Gasteiger partial charge < -0.3 is 4.74 Å². The summed E-state index contributed by atoms with van der Waals surface area (Å²) in [4.78, 5) is 5.91. The van der Waals surface area contributed by atoms with Crippen LogP contribution in [-0.2, 0) is 19.4 Å². The third kappa shape index (κ3) is 4.58. The number of aryl methyl sites for hydroxylation is 1. The lowest BCUT2D eigenvalue weighted by atomic mass is 9.96. The molecule has 0 radical (unpaired) electrons. The number of nitrogens with zero attached hydrogens (tertiary/aromatic N) is 2. The average molecular weight is 469 g/mol. The summed E-state index contributed by atoms with van der Waals surface area (Å²) in [5, 5.41) is 10.3. The Bertz CT molecular complexity index is 1100. The van der Waals surface area contributed by atoms with Gasteiger partial charge in [-0.15, -0.1) is 11.3 Å². The second kappa shape index (κ2) is 8.89. The van der Waals surface area contributed by atoms with Gasteiger partial charge in [0.25, 0.3) is 0 Å². The van der Waals surface area contributed by atoms with Crippen molar-refractivity contribution in [1.29, 1.82) is 5.26 Å². The zero-order chi connectivity index (χ0) is 20.2. The third-order valence-corrected chi connectivity index (χ3v) is 6.68. The molecule has 1 aliphatic rings. The van der Waals surface area contributed by atoms with E-state index in [9.17, 15) is 9.65 Å². The normalized spacial score (nSPS) is 13.3. The van der Waals surface area contributed by atoms with Gasteiger partial charge in [0.1, 0.15) is 29.2 Å². The Morgan fingerprint density at radius 2 is 1.97 bits per heavy atom. The van der Waals surface area contributed by atoms with Gasteiger partial charge >= 0.3 is 0 Å². The highest BCUT2D eigenvalue weighted by Gasteiger charge is 2.20. The summed E-state index contributed by atoms with van der Waals surface area (Å²) < 4.78 is 19.6. The van der Waals surface area contributed by atoms with Crippen molar-refractivity contribution in [2.24, 2.45) is 4.99 Å². The molecular weight excluding hydrogens is 451 g/mol. The minimum atomic E-state index is -0.260. The van der Waals surface area contributed by atoms with Crippen LogP contribution in [0.3, 0.4) is 0 Å². The number of ether oxygens (including phenoxy) is 1. The van der Waals surface area contributed by atoms with Gasteiger partial charge in [0.2, 0.25) is 0 Å². The van der Waals surface area contributed by atoms with Gasteiger partial charge in [0, 0.05) is 11.1 Å². The molecule has 1 heterocycles. The highest BCUT2D eigenvalue weighted by Crippen LogP contribution is 2.39. The monoisotopic (exact) mass is 468 g/mol. The summed E-state index contributed by atoms with van der Waals surface area (Å²) in [7, 11) is 0. The highest BCUT2D eigenvalue weighted by atomic mass is 79.9. The van der Waals surface area contributed by atoms with E-state index in [1.807, 2.05) is 18.2 Å². The van der Waals surface area contributed by atoms with E-state index in [0.717, 1.165) is 45.4 Å². The maximum absolute atomic E-state index is 13.0. The van der Waals surface area contributed by atoms with Crippen LogP contribution in [0.1, 0.15) is 40.0 Å². The van der Waals surface area contributed by atoms with Crippen LogP contribution < -0.4 is 4.74 Å². The molecule has 0 spiro atoms. The lowest BCUT2D eigenvalue weighted by molar-refractivity contribution is 0.304. The van der Waals surface area contributed by atoms with E-state index in [4.69, 9.17) is 4.74 Å². The molecule has 1 aromatic heterocycles. The molecule has 3 aromatic rings. The molecule has 29 heavy (non-hydrogen) atoms. The van der Waals surface area contributed by atoms with Crippen LogP contribution in [0, 0.1) is 17.1 Å². The number of rotatable bonds is 5. The van der Waals surface area contributed by atoms with Crippen molar-refractivity contribution in [1.82, 2.24) is 0 Å². The van der Waals surface area contributed by atoms with E-state index >= 15 is 0 Å². The molecule has 0 fully saturated rings. The topological polar surface area (TPSA) is 45.4 Å². The minimum Gasteiger partial charge on any atom is -0.488 e.